The fraction of sp³-hybridized carbons (Fsp3) is 0.861. The van der Waals surface area contributed by atoms with Crippen molar-refractivity contribution in [1.82, 2.24) is 26.2 Å². The molecule has 0 aromatic carbocycles. The van der Waals surface area contributed by atoms with Crippen molar-refractivity contribution in [3.63, 3.8) is 0 Å². The monoisotopic (exact) mass is 789 g/mol. The van der Waals surface area contributed by atoms with Crippen LogP contribution < -0.4 is 21.3 Å². The number of hydrogen-bond donors (Lipinski definition) is 4. The number of Topliss-reactive ketones (excluding diaryl/α,β-unsaturated/α-hetero) is 1. The van der Waals surface area contributed by atoms with E-state index in [1.807, 2.05) is 0 Å². The Morgan fingerprint density at radius 1 is 0.962 bits per heavy atom. The summed E-state index contributed by atoms with van der Waals surface area (Å²) >= 11 is 13.2. The Kier molecular flexibility index (Phi) is 12.2. The van der Waals surface area contributed by atoms with E-state index in [9.17, 15) is 32.4 Å². The summed E-state index contributed by atoms with van der Waals surface area (Å²) in [6, 6.07) is -4.00. The molecule has 3 saturated carbocycles. The molecule has 5 rings (SSSR count). The van der Waals surface area contributed by atoms with E-state index in [1.165, 1.54) is 4.90 Å². The van der Waals surface area contributed by atoms with Gasteiger partial charge in [-0.3, -0.25) is 19.2 Å². The van der Waals surface area contributed by atoms with Crippen molar-refractivity contribution in [3.05, 3.63) is 0 Å². The number of halogens is 2. The minimum Gasteiger partial charge on any atom is -0.381 e. The number of ether oxygens (including phenoxy) is 1. The molecule has 0 aromatic heterocycles. The number of likely N-dealkylation sites (tertiary alicyclic amines) is 1. The van der Waals surface area contributed by atoms with Crippen molar-refractivity contribution in [1.29, 1.82) is 0 Å². The molecule has 294 valence electrons. The first-order valence-electron chi connectivity index (χ1n) is 18.9. The molecule has 0 spiro atoms. The lowest BCUT2D eigenvalue weighted by Gasteiger charge is -2.42. The van der Waals surface area contributed by atoms with E-state index >= 15 is 0 Å². The van der Waals surface area contributed by atoms with E-state index in [0.29, 0.717) is 51.2 Å². The first kappa shape index (κ1) is 41.0. The Bertz CT molecular complexity index is 1500. The van der Waals surface area contributed by atoms with E-state index in [1.54, 1.807) is 34.6 Å². The maximum Gasteiger partial charge on any atom is 0.315 e. The van der Waals surface area contributed by atoms with Crippen molar-refractivity contribution in [2.45, 2.75) is 138 Å². The van der Waals surface area contributed by atoms with Gasteiger partial charge in [0.25, 0.3) is 5.91 Å². The highest BCUT2D eigenvalue weighted by atomic mass is 35.5. The lowest BCUT2D eigenvalue weighted by molar-refractivity contribution is -0.144. The quantitative estimate of drug-likeness (QED) is 0.153. The maximum atomic E-state index is 14.5. The smallest absolute Gasteiger partial charge is 0.315 e. The zero-order valence-corrected chi connectivity index (χ0v) is 33.5. The van der Waals surface area contributed by atoms with Crippen LogP contribution in [0.25, 0.3) is 0 Å². The standard InChI is InChI=1S/C36H57Cl2N5O8S/c1-6-39-30(46)27(44)24(13-12-22-10-11-22)40-29(45)26-25-23(36(25,37)38)20-43(26)31(47)28(33(2,3)4)41-32(48)42-35(14-8-7-9-15-35)21-52(49,50)34(5)16-18-51-19-17-34/h22-26,28H,6-21H2,1-5H3,(H,39,46)(H,40,45)(H2,41,42,48)/t23-,24-,25-,26-,28+/m0/s1. The Morgan fingerprint density at radius 2 is 1.60 bits per heavy atom. The van der Waals surface area contributed by atoms with Gasteiger partial charge in [0.05, 0.1) is 22.1 Å². The lowest BCUT2D eigenvalue weighted by atomic mass is 9.83. The van der Waals surface area contributed by atoms with Crippen molar-refractivity contribution in [3.8, 4) is 0 Å². The van der Waals surface area contributed by atoms with Gasteiger partial charge in [0.1, 0.15) is 16.4 Å². The second-order valence-electron chi connectivity index (χ2n) is 17.1. The summed E-state index contributed by atoms with van der Waals surface area (Å²) < 4.78 is 31.0. The van der Waals surface area contributed by atoms with E-state index in [0.717, 1.165) is 32.1 Å². The number of nitrogens with zero attached hydrogens (tertiary/aromatic N) is 1. The number of carbonyl (C=O) groups is 5. The number of alkyl halides is 2. The molecule has 2 aliphatic heterocycles. The fourth-order valence-corrected chi connectivity index (χ4v) is 11.3. The van der Waals surface area contributed by atoms with Crippen LogP contribution in [0.3, 0.4) is 0 Å². The second-order valence-corrected chi connectivity index (χ2v) is 21.1. The molecule has 5 amide bonds. The molecule has 2 heterocycles. The van der Waals surface area contributed by atoms with Gasteiger partial charge >= 0.3 is 6.03 Å². The maximum absolute atomic E-state index is 14.5. The van der Waals surface area contributed by atoms with Gasteiger partial charge in [-0.05, 0) is 63.7 Å². The van der Waals surface area contributed by atoms with Crippen LogP contribution in [0, 0.1) is 23.2 Å². The van der Waals surface area contributed by atoms with Gasteiger partial charge in [-0.25, -0.2) is 13.2 Å². The Hall–Kier alpha value is -2.16. The largest absolute Gasteiger partial charge is 0.381 e. The summed E-state index contributed by atoms with van der Waals surface area (Å²) in [6.45, 7) is 9.87. The predicted octanol–water partition coefficient (Wildman–Crippen LogP) is 3.40. The number of piperidine rings is 1. The van der Waals surface area contributed by atoms with Crippen LogP contribution in [0.15, 0.2) is 0 Å². The minimum atomic E-state index is -3.65. The summed E-state index contributed by atoms with van der Waals surface area (Å²) in [7, 11) is -3.65. The highest BCUT2D eigenvalue weighted by Crippen LogP contribution is 2.65. The Balaban J connectivity index is 1.34. The molecule has 0 aromatic rings. The molecule has 0 unspecified atom stereocenters. The van der Waals surface area contributed by atoms with E-state index in [4.69, 9.17) is 27.9 Å². The van der Waals surface area contributed by atoms with Crippen LogP contribution in [-0.2, 0) is 33.8 Å². The molecule has 0 bridgehead atoms. The van der Waals surface area contributed by atoms with E-state index in [2.05, 4.69) is 21.3 Å². The predicted molar refractivity (Wildman–Crippen MR) is 197 cm³/mol. The molecule has 5 aliphatic rings. The minimum absolute atomic E-state index is 0.0615. The van der Waals surface area contributed by atoms with Crippen LogP contribution >= 0.6 is 23.2 Å². The van der Waals surface area contributed by atoms with Crippen LogP contribution in [-0.4, -0.2) is 108 Å². The van der Waals surface area contributed by atoms with Gasteiger partial charge in [0.15, 0.2) is 9.84 Å². The topological polar surface area (TPSA) is 180 Å². The van der Waals surface area contributed by atoms with Gasteiger partial charge in [-0.15, -0.1) is 23.2 Å². The average Bonchev–Trinajstić information content (AvgIpc) is 3.93. The zero-order chi connectivity index (χ0) is 38.3. The summed E-state index contributed by atoms with van der Waals surface area (Å²) in [5, 5.41) is 11.1. The number of likely N-dealkylation sites (N-methyl/N-ethyl adjacent to an activating group) is 1. The van der Waals surface area contributed by atoms with Gasteiger partial charge in [0, 0.05) is 38.1 Å². The van der Waals surface area contributed by atoms with Crippen molar-refractivity contribution in [2.24, 2.45) is 23.2 Å². The summed E-state index contributed by atoms with van der Waals surface area (Å²) in [5.74, 6) is -3.48. The van der Waals surface area contributed by atoms with Gasteiger partial charge < -0.3 is 30.9 Å². The van der Waals surface area contributed by atoms with Crippen molar-refractivity contribution in [2.75, 3.05) is 32.1 Å². The number of urea groups is 1. The molecule has 5 fully saturated rings. The van der Waals surface area contributed by atoms with Crippen LogP contribution in [0.4, 0.5) is 4.79 Å². The highest BCUT2D eigenvalue weighted by Gasteiger charge is 2.74. The summed E-state index contributed by atoms with van der Waals surface area (Å²) in [6.07, 6.45) is 7.22. The molecule has 16 heteroatoms. The average molecular weight is 791 g/mol. The third kappa shape index (κ3) is 8.86. The number of fused-ring (bicyclic) bond motifs is 1. The number of rotatable bonds is 14. The number of nitrogens with one attached hydrogen (secondary N) is 4. The lowest BCUT2D eigenvalue weighted by Crippen LogP contribution is -2.64. The number of sulfone groups is 1. The van der Waals surface area contributed by atoms with Gasteiger partial charge in [-0.2, -0.15) is 0 Å². The number of amides is 5. The van der Waals surface area contributed by atoms with E-state index < -0.39 is 89.4 Å². The number of ketones is 1. The molecule has 3 aliphatic carbocycles. The molecule has 0 radical (unpaired) electrons. The summed E-state index contributed by atoms with van der Waals surface area (Å²) in [4.78, 5) is 69.5. The third-order valence-corrected chi connectivity index (χ3v) is 15.9. The molecule has 13 nitrogen and oxygen atoms in total. The highest BCUT2D eigenvalue weighted by molar-refractivity contribution is 7.92. The Morgan fingerprint density at radius 3 is 2.17 bits per heavy atom. The third-order valence-electron chi connectivity index (χ3n) is 12.0. The first-order chi connectivity index (χ1) is 24.3. The van der Waals surface area contributed by atoms with Crippen molar-refractivity contribution < 1.29 is 37.1 Å². The number of carbonyl (C=O) groups excluding carboxylic acids is 5. The normalized spacial score (nSPS) is 27.4. The van der Waals surface area contributed by atoms with E-state index in [-0.39, 0.29) is 25.3 Å². The summed E-state index contributed by atoms with van der Waals surface area (Å²) in [5.41, 5.74) is -1.84. The van der Waals surface area contributed by atoms with Crippen molar-refractivity contribution >= 4 is 62.6 Å². The zero-order valence-electron chi connectivity index (χ0n) is 31.2. The number of hydrogen-bond acceptors (Lipinski definition) is 8. The molecule has 4 N–H and O–H groups in total. The Labute approximate surface area is 318 Å². The van der Waals surface area contributed by atoms with Crippen LogP contribution in [0.5, 0.6) is 0 Å². The van der Waals surface area contributed by atoms with Gasteiger partial charge in [-0.1, -0.05) is 52.9 Å². The molecule has 52 heavy (non-hydrogen) atoms. The van der Waals surface area contributed by atoms with Crippen LogP contribution in [0.1, 0.15) is 105 Å². The first-order valence-corrected chi connectivity index (χ1v) is 21.4. The molecular formula is C36H57Cl2N5O8S. The molecule has 5 atom stereocenters. The van der Waals surface area contributed by atoms with Crippen LogP contribution in [0.2, 0.25) is 0 Å². The molecule has 2 saturated heterocycles. The molecular weight excluding hydrogens is 733 g/mol. The SMILES string of the molecule is CCNC(=O)C(=O)[C@H](CCC1CC1)NC(=O)[C@@H]1[C@@H]2[C@H](CN1C(=O)[C@@H](NC(=O)NC1(CS(=O)(=O)C3(C)CCOCC3)CCCCC1)C(C)(C)C)C2(Cl)Cl. The second kappa shape index (κ2) is 15.5. The fourth-order valence-electron chi connectivity index (χ4n) is 8.28. The van der Waals surface area contributed by atoms with Gasteiger partial charge in [0.2, 0.25) is 17.6 Å².